The van der Waals surface area contributed by atoms with Gasteiger partial charge in [-0.25, -0.2) is 0 Å². The lowest BCUT2D eigenvalue weighted by atomic mass is 10.3. The molecule has 0 aliphatic heterocycles. The Hall–Kier alpha value is -1.33. The van der Waals surface area contributed by atoms with Crippen LogP contribution in [0.5, 0.6) is 0 Å². The van der Waals surface area contributed by atoms with Crippen LogP contribution in [0.2, 0.25) is 0 Å². The number of nitrogens with one attached hydrogen (secondary N) is 2. The van der Waals surface area contributed by atoms with Gasteiger partial charge in [0.25, 0.3) is 0 Å². The quantitative estimate of drug-likeness (QED) is 0.829. The highest BCUT2D eigenvalue weighted by Crippen LogP contribution is 2.01. The van der Waals surface area contributed by atoms with Crippen molar-refractivity contribution in [1.29, 1.82) is 0 Å². The molecule has 0 aliphatic carbocycles. The van der Waals surface area contributed by atoms with Crippen molar-refractivity contribution in [2.75, 3.05) is 0 Å². The SMILES string of the molecule is CCn1ccc(CNCc2csc(=O)[nH]2)c1. The summed E-state index contributed by atoms with van der Waals surface area (Å²) in [5, 5.41) is 5.15. The molecule has 5 heteroatoms. The number of nitrogens with zero attached hydrogens (tertiary/aromatic N) is 1. The van der Waals surface area contributed by atoms with Crippen LogP contribution in [0.3, 0.4) is 0 Å². The van der Waals surface area contributed by atoms with Crippen molar-refractivity contribution in [3.8, 4) is 0 Å². The van der Waals surface area contributed by atoms with E-state index in [9.17, 15) is 4.79 Å². The molecule has 0 radical (unpaired) electrons. The summed E-state index contributed by atoms with van der Waals surface area (Å²) in [7, 11) is 0. The Balaban J connectivity index is 1.81. The van der Waals surface area contributed by atoms with Gasteiger partial charge in [-0.1, -0.05) is 11.3 Å². The second kappa shape index (κ2) is 5.14. The first-order valence-corrected chi connectivity index (χ1v) is 6.18. The van der Waals surface area contributed by atoms with Crippen molar-refractivity contribution in [2.24, 2.45) is 0 Å². The molecule has 2 rings (SSSR count). The molecule has 4 nitrogen and oxygen atoms in total. The first-order valence-electron chi connectivity index (χ1n) is 5.30. The Bertz CT molecular complexity index is 497. The molecular weight excluding hydrogens is 222 g/mol. The molecule has 2 aromatic heterocycles. The zero-order valence-corrected chi connectivity index (χ0v) is 10.0. The van der Waals surface area contributed by atoms with Gasteiger partial charge in [0.2, 0.25) is 0 Å². The lowest BCUT2D eigenvalue weighted by Gasteiger charge is -2.00. The van der Waals surface area contributed by atoms with Crippen LogP contribution in [0.4, 0.5) is 0 Å². The fourth-order valence-electron chi connectivity index (χ4n) is 1.53. The summed E-state index contributed by atoms with van der Waals surface area (Å²) in [4.78, 5) is 13.7. The first-order chi connectivity index (χ1) is 7.78. The predicted octanol–water partition coefficient (Wildman–Crippen LogP) is 1.55. The third-order valence-corrected chi connectivity index (χ3v) is 3.11. The minimum atomic E-state index is 0.00827. The van der Waals surface area contributed by atoms with Crippen LogP contribution >= 0.6 is 11.3 Å². The Kier molecular flexibility index (Phi) is 3.58. The molecule has 0 fully saturated rings. The largest absolute Gasteiger partial charge is 0.354 e. The van der Waals surface area contributed by atoms with Gasteiger partial charge in [0.15, 0.2) is 0 Å². The monoisotopic (exact) mass is 237 g/mol. The highest BCUT2D eigenvalue weighted by molar-refractivity contribution is 7.07. The van der Waals surface area contributed by atoms with Crippen LogP contribution in [0.25, 0.3) is 0 Å². The highest BCUT2D eigenvalue weighted by Gasteiger charge is 1.98. The summed E-state index contributed by atoms with van der Waals surface area (Å²) < 4.78 is 2.14. The average molecular weight is 237 g/mol. The minimum Gasteiger partial charge on any atom is -0.354 e. The second-order valence-corrected chi connectivity index (χ2v) is 4.47. The van der Waals surface area contributed by atoms with Gasteiger partial charge in [-0.2, -0.15) is 0 Å². The first kappa shape index (κ1) is 11.2. The molecule has 0 unspecified atom stereocenters. The van der Waals surface area contributed by atoms with Gasteiger partial charge in [0, 0.05) is 43.1 Å². The zero-order valence-electron chi connectivity index (χ0n) is 9.19. The Morgan fingerprint density at radius 3 is 3.00 bits per heavy atom. The van der Waals surface area contributed by atoms with Crippen molar-refractivity contribution >= 4 is 11.3 Å². The normalized spacial score (nSPS) is 10.8. The van der Waals surface area contributed by atoms with Gasteiger partial charge in [-0.15, -0.1) is 0 Å². The van der Waals surface area contributed by atoms with Crippen LogP contribution in [-0.4, -0.2) is 9.55 Å². The maximum absolute atomic E-state index is 10.9. The summed E-state index contributed by atoms with van der Waals surface area (Å²) in [6.07, 6.45) is 4.20. The van der Waals surface area contributed by atoms with E-state index in [1.54, 1.807) is 0 Å². The van der Waals surface area contributed by atoms with Crippen LogP contribution < -0.4 is 10.2 Å². The maximum atomic E-state index is 10.9. The lowest BCUT2D eigenvalue weighted by Crippen LogP contribution is -2.13. The molecule has 0 amide bonds. The van der Waals surface area contributed by atoms with E-state index in [-0.39, 0.29) is 4.87 Å². The lowest BCUT2D eigenvalue weighted by molar-refractivity contribution is 0.677. The Morgan fingerprint density at radius 2 is 2.38 bits per heavy atom. The van der Waals surface area contributed by atoms with E-state index in [1.165, 1.54) is 16.9 Å². The summed E-state index contributed by atoms with van der Waals surface area (Å²) in [6, 6.07) is 2.10. The highest BCUT2D eigenvalue weighted by atomic mass is 32.1. The van der Waals surface area contributed by atoms with Crippen LogP contribution in [0.1, 0.15) is 18.2 Å². The van der Waals surface area contributed by atoms with Gasteiger partial charge in [-0.05, 0) is 18.6 Å². The number of aryl methyl sites for hydroxylation is 1. The van der Waals surface area contributed by atoms with Crippen LogP contribution in [-0.2, 0) is 19.6 Å². The van der Waals surface area contributed by atoms with Crippen molar-refractivity contribution in [1.82, 2.24) is 14.9 Å². The predicted molar refractivity (Wildman–Crippen MR) is 65.6 cm³/mol. The van der Waals surface area contributed by atoms with E-state index in [4.69, 9.17) is 0 Å². The molecule has 0 spiro atoms. The van der Waals surface area contributed by atoms with Gasteiger partial charge in [0.1, 0.15) is 0 Å². The molecule has 0 saturated heterocycles. The number of rotatable bonds is 5. The van der Waals surface area contributed by atoms with E-state index in [0.29, 0.717) is 6.54 Å². The minimum absolute atomic E-state index is 0.00827. The van der Waals surface area contributed by atoms with Gasteiger partial charge in [-0.3, -0.25) is 4.79 Å². The van der Waals surface area contributed by atoms with Gasteiger partial charge in [0.05, 0.1) is 0 Å². The summed E-state index contributed by atoms with van der Waals surface area (Å²) in [5.74, 6) is 0. The Morgan fingerprint density at radius 1 is 1.50 bits per heavy atom. The molecule has 2 heterocycles. The summed E-state index contributed by atoms with van der Waals surface area (Å²) in [6.45, 7) is 4.64. The van der Waals surface area contributed by atoms with E-state index in [0.717, 1.165) is 18.8 Å². The van der Waals surface area contributed by atoms with Crippen LogP contribution in [0, 0.1) is 0 Å². The fraction of sp³-hybridized carbons (Fsp3) is 0.364. The molecule has 0 atom stereocenters. The molecular formula is C11H15N3OS. The van der Waals surface area contributed by atoms with E-state index in [2.05, 4.69) is 40.3 Å². The fourth-order valence-corrected chi connectivity index (χ4v) is 2.12. The number of thiazole rings is 1. The van der Waals surface area contributed by atoms with E-state index < -0.39 is 0 Å². The number of hydrogen-bond acceptors (Lipinski definition) is 3. The molecule has 86 valence electrons. The smallest absolute Gasteiger partial charge is 0.304 e. The number of hydrogen-bond donors (Lipinski definition) is 2. The standard InChI is InChI=1S/C11H15N3OS/c1-2-14-4-3-9(7-14)5-12-6-10-8-16-11(15)13-10/h3-4,7-8,12H,2,5-6H2,1H3,(H,13,15). The number of H-pyrrole nitrogens is 1. The average Bonchev–Trinajstić information content (AvgIpc) is 2.88. The van der Waals surface area contributed by atoms with Crippen molar-refractivity contribution in [2.45, 2.75) is 26.6 Å². The molecule has 2 aromatic rings. The Labute approximate surface area is 97.9 Å². The van der Waals surface area contributed by atoms with Crippen molar-refractivity contribution in [3.05, 3.63) is 44.8 Å². The van der Waals surface area contributed by atoms with E-state index in [1.807, 2.05) is 5.38 Å². The van der Waals surface area contributed by atoms with Crippen LogP contribution in [0.15, 0.2) is 28.6 Å². The molecule has 2 N–H and O–H groups in total. The van der Waals surface area contributed by atoms with E-state index >= 15 is 0 Å². The number of aromatic amines is 1. The van der Waals surface area contributed by atoms with Crippen molar-refractivity contribution < 1.29 is 0 Å². The molecule has 0 aliphatic rings. The molecule has 0 saturated carbocycles. The molecule has 16 heavy (non-hydrogen) atoms. The van der Waals surface area contributed by atoms with Crippen molar-refractivity contribution in [3.63, 3.8) is 0 Å². The third kappa shape index (κ3) is 2.84. The summed E-state index contributed by atoms with van der Waals surface area (Å²) in [5.41, 5.74) is 2.21. The van der Waals surface area contributed by atoms with Gasteiger partial charge >= 0.3 is 4.87 Å². The molecule has 0 aromatic carbocycles. The third-order valence-electron chi connectivity index (χ3n) is 2.39. The summed E-state index contributed by atoms with van der Waals surface area (Å²) >= 11 is 1.20. The maximum Gasteiger partial charge on any atom is 0.304 e. The zero-order chi connectivity index (χ0) is 11.4. The van der Waals surface area contributed by atoms with Gasteiger partial charge < -0.3 is 14.9 Å². The number of aromatic nitrogens is 2. The topological polar surface area (TPSA) is 49.8 Å². The molecule has 0 bridgehead atoms. The second-order valence-electron chi connectivity index (χ2n) is 3.63.